The molecule has 0 bridgehead atoms. The van der Waals surface area contributed by atoms with Crippen LogP contribution in [-0.4, -0.2) is 35.8 Å². The van der Waals surface area contributed by atoms with Crippen LogP contribution in [-0.2, 0) is 29.7 Å². The van der Waals surface area contributed by atoms with E-state index in [1.165, 1.54) is 13.3 Å². The molecule has 0 unspecified atom stereocenters. The van der Waals surface area contributed by atoms with E-state index in [2.05, 4.69) is 22.1 Å². The van der Waals surface area contributed by atoms with Crippen molar-refractivity contribution in [2.24, 2.45) is 10.8 Å². The van der Waals surface area contributed by atoms with Crippen LogP contribution in [0.5, 0.6) is 11.5 Å². The van der Waals surface area contributed by atoms with Gasteiger partial charge in [-0.15, -0.1) is 30.3 Å². The Bertz CT molecular complexity index is 1470. The second-order valence-corrected chi connectivity index (χ2v) is 11.4. The fraction of sp³-hybridized carbons (Fsp3) is 0.314. The number of benzene rings is 2. The molecule has 2 aromatic carbocycles. The van der Waals surface area contributed by atoms with Gasteiger partial charge in [0.15, 0.2) is 0 Å². The maximum atomic E-state index is 13.4. The summed E-state index contributed by atoms with van der Waals surface area (Å²) < 4.78 is 59.8. The van der Waals surface area contributed by atoms with E-state index in [0.717, 1.165) is 36.1 Å². The normalized spacial score (nSPS) is 10.3. The van der Waals surface area contributed by atoms with E-state index < -0.39 is 34.1 Å². The molecule has 0 atom stereocenters. The molecule has 2 heterocycles. The zero-order valence-electron chi connectivity index (χ0n) is 27.0. The maximum absolute atomic E-state index is 13.4. The van der Waals surface area contributed by atoms with Gasteiger partial charge in [0, 0.05) is 72.8 Å². The second kappa shape index (κ2) is 20.2. The molecule has 0 saturated heterocycles. The molecule has 0 aliphatic heterocycles. The van der Waals surface area contributed by atoms with Crippen LogP contribution in [0, 0.1) is 46.2 Å². The zero-order valence-corrected chi connectivity index (χ0v) is 29.4. The number of aromatic nitrogens is 2. The first-order valence-corrected chi connectivity index (χ1v) is 13.7. The molecule has 1 radical (unpaired) electrons. The number of Topliss-reactive ketones (excluding diaryl/α,β-unsaturated/α-hetero) is 2. The number of pyridine rings is 2. The van der Waals surface area contributed by atoms with Gasteiger partial charge in [0.1, 0.15) is 23.1 Å². The molecule has 46 heavy (non-hydrogen) atoms. The van der Waals surface area contributed by atoms with Crippen molar-refractivity contribution >= 4 is 11.6 Å². The molecule has 6 nitrogen and oxygen atoms in total. The van der Waals surface area contributed by atoms with Crippen LogP contribution in [0.2, 0.25) is 0 Å². The predicted molar refractivity (Wildman–Crippen MR) is 165 cm³/mol. The van der Waals surface area contributed by atoms with Gasteiger partial charge in [0.2, 0.25) is 0 Å². The number of halogens is 4. The molecular weight excluding hydrogens is 781 g/mol. The average molecular weight is 819 g/mol. The molecule has 0 fully saturated rings. The van der Waals surface area contributed by atoms with E-state index >= 15 is 0 Å². The Kier molecular flexibility index (Phi) is 18.5. The molecule has 251 valence electrons. The van der Waals surface area contributed by atoms with E-state index in [4.69, 9.17) is 9.47 Å². The second-order valence-electron chi connectivity index (χ2n) is 11.4. The summed E-state index contributed by atoms with van der Waals surface area (Å²) in [5.74, 6) is -1.10. The number of nitrogens with zero attached hydrogens (tertiary/aromatic N) is 2. The van der Waals surface area contributed by atoms with Crippen LogP contribution >= 0.6 is 0 Å². The first-order chi connectivity index (χ1) is 21.0. The average Bonchev–Trinajstić information content (AvgIpc) is 2.97. The van der Waals surface area contributed by atoms with Gasteiger partial charge in [0.05, 0.1) is 20.6 Å². The number of hydrogen-bond donors (Lipinski definition) is 0. The summed E-state index contributed by atoms with van der Waals surface area (Å²) in [6.45, 7) is 11.0. The van der Waals surface area contributed by atoms with Crippen molar-refractivity contribution < 1.29 is 56.7 Å². The molecular formula is C35H38F4IrN2O4-2. The van der Waals surface area contributed by atoms with Crippen LogP contribution in [0.25, 0.3) is 11.3 Å². The van der Waals surface area contributed by atoms with Crippen LogP contribution in [0.3, 0.4) is 0 Å². The van der Waals surface area contributed by atoms with Gasteiger partial charge in [-0.2, -0.15) is 6.07 Å². The largest absolute Gasteiger partial charge is 0.497 e. The maximum Gasteiger partial charge on any atom is 0.145 e. The molecule has 4 aromatic rings. The van der Waals surface area contributed by atoms with E-state index in [0.29, 0.717) is 11.4 Å². The Hall–Kier alpha value is -3.95. The predicted octanol–water partition coefficient (Wildman–Crippen LogP) is 8.30. The Morgan fingerprint density at radius 3 is 1.59 bits per heavy atom. The first-order valence-electron chi connectivity index (χ1n) is 13.7. The van der Waals surface area contributed by atoms with Crippen molar-refractivity contribution in [1.82, 2.24) is 9.97 Å². The number of methoxy groups -OCH3 is 2. The Balaban J connectivity index is 0.000000608. The van der Waals surface area contributed by atoms with E-state index in [1.807, 2.05) is 41.5 Å². The van der Waals surface area contributed by atoms with Crippen LogP contribution in [0.4, 0.5) is 17.6 Å². The topological polar surface area (TPSA) is 78.4 Å². The van der Waals surface area contributed by atoms with Crippen molar-refractivity contribution in [3.05, 3.63) is 109 Å². The van der Waals surface area contributed by atoms with Crippen LogP contribution in [0.15, 0.2) is 73.2 Å². The molecule has 0 amide bonds. The molecule has 4 rings (SSSR count). The van der Waals surface area contributed by atoms with E-state index in [9.17, 15) is 27.2 Å². The summed E-state index contributed by atoms with van der Waals surface area (Å²) >= 11 is 0. The smallest absolute Gasteiger partial charge is 0.145 e. The number of hydrogen-bond acceptors (Lipinski definition) is 6. The minimum atomic E-state index is -0.694. The fourth-order valence-electron chi connectivity index (χ4n) is 2.88. The van der Waals surface area contributed by atoms with Crippen molar-refractivity contribution in [2.75, 3.05) is 14.2 Å². The van der Waals surface area contributed by atoms with Gasteiger partial charge < -0.3 is 14.5 Å². The Labute approximate surface area is 281 Å². The van der Waals surface area contributed by atoms with Crippen molar-refractivity contribution in [2.45, 2.75) is 48.0 Å². The molecule has 2 aromatic heterocycles. The molecule has 0 aliphatic carbocycles. The van der Waals surface area contributed by atoms with Gasteiger partial charge in [-0.1, -0.05) is 53.2 Å². The minimum Gasteiger partial charge on any atom is -0.497 e. The van der Waals surface area contributed by atoms with Crippen LogP contribution in [0.1, 0.15) is 48.0 Å². The number of rotatable bonds is 5. The van der Waals surface area contributed by atoms with Crippen molar-refractivity contribution in [3.63, 3.8) is 0 Å². The van der Waals surface area contributed by atoms with Gasteiger partial charge >= 0.3 is 0 Å². The molecule has 0 saturated carbocycles. The summed E-state index contributed by atoms with van der Waals surface area (Å²) in [4.78, 5) is 30.8. The summed E-state index contributed by atoms with van der Waals surface area (Å²) in [6, 6.07) is 16.4. The monoisotopic (exact) mass is 819 g/mol. The quantitative estimate of drug-likeness (QED) is 0.115. The van der Waals surface area contributed by atoms with Crippen LogP contribution < -0.4 is 9.47 Å². The summed E-state index contributed by atoms with van der Waals surface area (Å²) in [6.07, 6.45) is 4.94. The third kappa shape index (κ3) is 16.4. The zero-order chi connectivity index (χ0) is 34.2. The molecule has 0 aliphatic rings. The molecule has 0 spiro atoms. The van der Waals surface area contributed by atoms with Gasteiger partial charge in [0.25, 0.3) is 0 Å². The summed E-state index contributed by atoms with van der Waals surface area (Å²) in [7, 11) is 3.14. The van der Waals surface area contributed by atoms with E-state index in [1.54, 1.807) is 43.8 Å². The Morgan fingerprint density at radius 1 is 0.717 bits per heavy atom. The fourth-order valence-corrected chi connectivity index (χ4v) is 2.88. The van der Waals surface area contributed by atoms with Crippen molar-refractivity contribution in [3.8, 4) is 22.8 Å². The summed E-state index contributed by atoms with van der Waals surface area (Å²) in [5, 5.41) is 0. The van der Waals surface area contributed by atoms with E-state index in [-0.39, 0.29) is 43.7 Å². The number of carbonyl (C=O) groups is 2. The number of ketones is 2. The van der Waals surface area contributed by atoms with Gasteiger partial charge in [-0.3, -0.25) is 32.1 Å². The standard InChI is InChI=1S/C12H8F2NO.C11H20O2.C6H3F2.C6H7NO.Ir/c1-16-9-4-5-15-12(7-9)10-3-2-8(13)6-11(10)14;1-10(2,3)8(12)7-9(13)11(4,5)6;7-5-2-1-3-6(8)4-5;1-8-6-2-4-7-5-3-6;/h2,4-7H,1H3;7H2,1-6H3;2-4H;2-5H,1H3;/q-1;;-1;;. The molecule has 0 N–H and O–H groups in total. The SMILES string of the molecule is CC(C)(C)C(=O)CC(=O)C(C)(C)C.COc1ccnc(-c2[c-]cc(F)cc2F)c1.COc1ccncc1.Fc1c[c-]cc(F)c1.[Ir]. The third-order valence-corrected chi connectivity index (χ3v) is 5.68. The van der Waals surface area contributed by atoms with Crippen molar-refractivity contribution in [1.29, 1.82) is 0 Å². The first kappa shape index (κ1) is 42.0. The Morgan fingerprint density at radius 2 is 1.20 bits per heavy atom. The number of ether oxygens (including phenoxy) is 2. The third-order valence-electron chi connectivity index (χ3n) is 5.68. The summed E-state index contributed by atoms with van der Waals surface area (Å²) in [5.41, 5.74) is -0.320. The van der Waals surface area contributed by atoms with Gasteiger partial charge in [-0.05, 0) is 30.0 Å². The van der Waals surface area contributed by atoms with Gasteiger partial charge in [-0.25, -0.2) is 0 Å². The minimum absolute atomic E-state index is 0. The number of carbonyl (C=O) groups excluding carboxylic acids is 2. The molecule has 11 heteroatoms.